The summed E-state index contributed by atoms with van der Waals surface area (Å²) in [6.07, 6.45) is -0.831. The van der Waals surface area contributed by atoms with Gasteiger partial charge in [-0.15, -0.1) is 11.3 Å². The average molecular weight is 514 g/mol. The van der Waals surface area contributed by atoms with Gasteiger partial charge < -0.3 is 14.8 Å². The number of para-hydroxylation sites is 2. The Morgan fingerprint density at radius 1 is 1.25 bits per heavy atom. The van der Waals surface area contributed by atoms with Crippen LogP contribution >= 0.6 is 11.3 Å². The number of benzene rings is 1. The third kappa shape index (κ3) is 3.95. The number of hydrogen-bond donors (Lipinski definition) is 2. The van der Waals surface area contributed by atoms with Gasteiger partial charge in [0, 0.05) is 18.5 Å². The summed E-state index contributed by atoms with van der Waals surface area (Å²) in [5, 5.41) is 21.1. The molecule has 1 aliphatic heterocycles. The van der Waals surface area contributed by atoms with Gasteiger partial charge in [0.2, 0.25) is 0 Å². The highest BCUT2D eigenvalue weighted by molar-refractivity contribution is 7.19. The largest absolute Gasteiger partial charge is 0.389 e. The average Bonchev–Trinajstić information content (AvgIpc) is 3.55. The normalized spacial score (nSPS) is 16.2. The number of carbonyl (C=O) groups excluding carboxylic acids is 1. The third-order valence-corrected chi connectivity index (χ3v) is 7.41. The van der Waals surface area contributed by atoms with Crippen molar-refractivity contribution >= 4 is 38.5 Å². The number of hydrogen-bond acceptors (Lipinski definition) is 8. The van der Waals surface area contributed by atoms with E-state index in [4.69, 9.17) is 4.84 Å². The molecule has 3 aromatic heterocycles. The number of nitrogens with zero attached hydrogens (tertiary/aromatic N) is 5. The van der Waals surface area contributed by atoms with Crippen LogP contribution in [-0.4, -0.2) is 59.1 Å². The number of fused-ring (bicyclic) bond motifs is 2. The van der Waals surface area contributed by atoms with Crippen molar-refractivity contribution in [1.29, 1.82) is 0 Å². The van der Waals surface area contributed by atoms with Crippen molar-refractivity contribution in [2.45, 2.75) is 39.6 Å². The molecule has 1 aromatic carbocycles. The second-order valence-corrected chi connectivity index (χ2v) is 10.4. The Morgan fingerprint density at radius 2 is 2.00 bits per heavy atom. The lowest BCUT2D eigenvalue weighted by molar-refractivity contribution is -0.0778. The fraction of sp³-hybridized carbons (Fsp3) is 0.417. The zero-order chi connectivity index (χ0) is 25.7. The molecule has 1 amide bonds. The van der Waals surface area contributed by atoms with Crippen LogP contribution in [0.3, 0.4) is 0 Å². The van der Waals surface area contributed by atoms with Crippen molar-refractivity contribution in [1.82, 2.24) is 23.7 Å². The molecule has 0 aliphatic carbocycles. The van der Waals surface area contributed by atoms with E-state index in [-0.39, 0.29) is 43.2 Å². The van der Waals surface area contributed by atoms with Crippen LogP contribution in [0.25, 0.3) is 21.3 Å². The minimum atomic E-state index is -0.831. The van der Waals surface area contributed by atoms with Gasteiger partial charge in [0.15, 0.2) is 0 Å². The molecule has 11 nitrogen and oxygen atoms in total. The number of rotatable bonds is 6. The van der Waals surface area contributed by atoms with Crippen LogP contribution in [0, 0.1) is 5.92 Å². The van der Waals surface area contributed by atoms with Crippen LogP contribution in [0.2, 0.25) is 0 Å². The first-order valence-corrected chi connectivity index (χ1v) is 12.5. The molecule has 1 atom stereocenters. The molecule has 0 saturated carbocycles. The lowest BCUT2D eigenvalue weighted by Crippen LogP contribution is -2.39. The molecule has 4 heterocycles. The Hall–Kier alpha value is -3.32. The van der Waals surface area contributed by atoms with Gasteiger partial charge in [-0.1, -0.05) is 26.0 Å². The number of β-amino-alcohol motifs (C(OH)–C–C–N with tert-alkyl or cyclic N) is 1. The molecule has 36 heavy (non-hydrogen) atoms. The zero-order valence-corrected chi connectivity index (χ0v) is 21.0. The number of hydroxylamine groups is 2. The van der Waals surface area contributed by atoms with E-state index in [0.29, 0.717) is 27.6 Å². The van der Waals surface area contributed by atoms with Crippen molar-refractivity contribution in [3.8, 4) is 0 Å². The summed E-state index contributed by atoms with van der Waals surface area (Å²) in [6.45, 7) is 4.07. The molecule has 1 aliphatic rings. The summed E-state index contributed by atoms with van der Waals surface area (Å²) >= 11 is 1.20. The maximum Gasteiger partial charge on any atom is 0.331 e. The molecule has 5 rings (SSSR count). The van der Waals surface area contributed by atoms with Crippen molar-refractivity contribution in [3.63, 3.8) is 0 Å². The van der Waals surface area contributed by atoms with E-state index < -0.39 is 23.3 Å². The Balaban J connectivity index is 1.79. The Morgan fingerprint density at radius 3 is 2.67 bits per heavy atom. The van der Waals surface area contributed by atoms with Gasteiger partial charge >= 0.3 is 5.69 Å². The smallest absolute Gasteiger partial charge is 0.331 e. The summed E-state index contributed by atoms with van der Waals surface area (Å²) in [6, 6.07) is 7.40. The fourth-order valence-electron chi connectivity index (χ4n) is 4.54. The third-order valence-electron chi connectivity index (χ3n) is 6.21. The maximum atomic E-state index is 13.7. The van der Waals surface area contributed by atoms with Crippen LogP contribution in [0.15, 0.2) is 33.9 Å². The maximum absolute atomic E-state index is 13.7. The first-order chi connectivity index (χ1) is 17.2. The molecule has 0 spiro atoms. The van der Waals surface area contributed by atoms with Crippen LogP contribution in [0.4, 0.5) is 0 Å². The predicted octanol–water partition coefficient (Wildman–Crippen LogP) is 1.06. The first kappa shape index (κ1) is 24.4. The number of aliphatic hydroxyl groups excluding tert-OH is 2. The lowest BCUT2D eigenvalue weighted by atomic mass is 10.1. The molecule has 190 valence electrons. The number of amides is 1. The summed E-state index contributed by atoms with van der Waals surface area (Å²) < 4.78 is 4.35. The van der Waals surface area contributed by atoms with E-state index in [9.17, 15) is 24.6 Å². The van der Waals surface area contributed by atoms with Crippen LogP contribution < -0.4 is 11.2 Å². The van der Waals surface area contributed by atoms with Crippen LogP contribution in [0.5, 0.6) is 0 Å². The van der Waals surface area contributed by atoms with Crippen LogP contribution in [0.1, 0.15) is 34.9 Å². The number of carbonyl (C=O) groups is 1. The fourth-order valence-corrected chi connectivity index (χ4v) is 5.82. The molecule has 4 aromatic rings. The van der Waals surface area contributed by atoms with Gasteiger partial charge in [-0.25, -0.2) is 14.8 Å². The van der Waals surface area contributed by atoms with Crippen molar-refractivity contribution in [2.24, 2.45) is 13.0 Å². The van der Waals surface area contributed by atoms with Crippen LogP contribution in [-0.2, 0) is 31.6 Å². The topological polar surface area (TPSA) is 132 Å². The minimum absolute atomic E-state index is 0.0277. The van der Waals surface area contributed by atoms with Crippen molar-refractivity contribution < 1.29 is 19.8 Å². The van der Waals surface area contributed by atoms with Gasteiger partial charge in [-0.05, 0) is 18.1 Å². The second-order valence-electron chi connectivity index (χ2n) is 9.31. The molecule has 1 unspecified atom stereocenters. The lowest BCUT2D eigenvalue weighted by Gasteiger charge is -2.16. The highest BCUT2D eigenvalue weighted by Crippen LogP contribution is 2.33. The molecular formula is C24H27N5O6S. The van der Waals surface area contributed by atoms with Gasteiger partial charge in [0.05, 0.1) is 35.1 Å². The summed E-state index contributed by atoms with van der Waals surface area (Å²) in [5.74, 6) is -0.0364. The predicted molar refractivity (Wildman–Crippen MR) is 134 cm³/mol. The van der Waals surface area contributed by atoms with E-state index in [1.54, 1.807) is 4.57 Å². The van der Waals surface area contributed by atoms with E-state index in [0.717, 1.165) is 15.1 Å². The standard InChI is InChI=1S/C24H27N5O6S/c1-13(2)8-28-23-20(21(32)26(3)24(28)34)19(22(33)29-9-14(31)12-35-29)17(36-23)10-27-16-7-5-4-6-15(16)25-18(27)11-30/h4-7,13-14,30-31H,8-12H2,1-3H3. The van der Waals surface area contributed by atoms with E-state index in [2.05, 4.69) is 4.98 Å². The molecule has 12 heteroatoms. The Kier molecular flexibility index (Phi) is 6.29. The monoisotopic (exact) mass is 513 g/mol. The van der Waals surface area contributed by atoms with Crippen molar-refractivity contribution in [3.05, 3.63) is 61.4 Å². The molecule has 2 N–H and O–H groups in total. The SMILES string of the molecule is CC(C)Cn1c(=O)n(C)c(=O)c2c(C(=O)N3CC(O)CO3)c(Cn3c(CO)nc4ccccc43)sc21. The first-order valence-electron chi connectivity index (χ1n) is 11.6. The highest BCUT2D eigenvalue weighted by Gasteiger charge is 2.33. The number of thiophene rings is 1. The number of aromatic nitrogens is 4. The van der Waals surface area contributed by atoms with Gasteiger partial charge in [-0.2, -0.15) is 0 Å². The van der Waals surface area contributed by atoms with Gasteiger partial charge in [0.1, 0.15) is 30.0 Å². The Bertz CT molecular complexity index is 1600. The Labute approximate surface area is 209 Å². The molecule has 1 fully saturated rings. The highest BCUT2D eigenvalue weighted by atomic mass is 32.1. The van der Waals surface area contributed by atoms with Gasteiger partial charge in [0.25, 0.3) is 11.5 Å². The molecule has 1 saturated heterocycles. The summed E-state index contributed by atoms with van der Waals surface area (Å²) in [4.78, 5) is 51.0. The summed E-state index contributed by atoms with van der Waals surface area (Å²) in [7, 11) is 1.40. The number of aliphatic hydroxyl groups is 2. The second kappa shape index (κ2) is 9.28. The van der Waals surface area contributed by atoms with E-state index >= 15 is 0 Å². The molecule has 0 bridgehead atoms. The van der Waals surface area contributed by atoms with Crippen molar-refractivity contribution in [2.75, 3.05) is 13.2 Å². The zero-order valence-electron chi connectivity index (χ0n) is 20.2. The number of imidazole rings is 1. The van der Waals surface area contributed by atoms with Gasteiger partial charge in [-0.3, -0.25) is 23.6 Å². The van der Waals surface area contributed by atoms with E-state index in [1.807, 2.05) is 38.1 Å². The molecule has 0 radical (unpaired) electrons. The minimum Gasteiger partial charge on any atom is -0.389 e. The summed E-state index contributed by atoms with van der Waals surface area (Å²) in [5.41, 5.74) is 0.555. The molecular weight excluding hydrogens is 486 g/mol. The quantitative estimate of drug-likeness (QED) is 0.394. The van der Waals surface area contributed by atoms with E-state index in [1.165, 1.54) is 23.0 Å².